The average Bonchev–Trinajstić information content (AvgIpc) is 3.63. The summed E-state index contributed by atoms with van der Waals surface area (Å²) >= 11 is 0. The number of amides is 3. The monoisotopic (exact) mass is 593 g/mol. The fourth-order valence-electron chi connectivity index (χ4n) is 7.93. The molecule has 0 radical (unpaired) electrons. The zero-order valence-electron chi connectivity index (χ0n) is 26.4. The summed E-state index contributed by atoms with van der Waals surface area (Å²) in [5, 5.41) is 10.7. The summed E-state index contributed by atoms with van der Waals surface area (Å²) in [6, 6.07) is 8.14. The van der Waals surface area contributed by atoms with Crippen LogP contribution in [0.5, 0.6) is 0 Å². The van der Waals surface area contributed by atoms with Crippen molar-refractivity contribution in [2.24, 2.45) is 11.8 Å². The highest BCUT2D eigenvalue weighted by Crippen LogP contribution is 2.65. The summed E-state index contributed by atoms with van der Waals surface area (Å²) in [4.78, 5) is 49.0. The molecular formula is C35H51N3O5. The second-order valence-electron chi connectivity index (χ2n) is 12.5. The van der Waals surface area contributed by atoms with Gasteiger partial charge in [0.05, 0.1) is 30.1 Å². The molecule has 1 N–H and O–H groups in total. The van der Waals surface area contributed by atoms with Crippen LogP contribution in [-0.4, -0.2) is 93.6 Å². The lowest BCUT2D eigenvalue weighted by Crippen LogP contribution is -2.59. The van der Waals surface area contributed by atoms with Crippen molar-refractivity contribution >= 4 is 17.7 Å². The van der Waals surface area contributed by atoms with Crippen molar-refractivity contribution in [1.82, 2.24) is 14.7 Å². The van der Waals surface area contributed by atoms with Crippen LogP contribution < -0.4 is 0 Å². The fraction of sp³-hybridized carbons (Fsp3) is 0.629. The van der Waals surface area contributed by atoms with Gasteiger partial charge in [0.2, 0.25) is 17.7 Å². The summed E-state index contributed by atoms with van der Waals surface area (Å²) in [5.41, 5.74) is -0.983. The highest BCUT2D eigenvalue weighted by atomic mass is 16.5. The highest BCUT2D eigenvalue weighted by molar-refractivity contribution is 5.99. The van der Waals surface area contributed by atoms with Gasteiger partial charge in [0, 0.05) is 26.2 Å². The molecule has 8 nitrogen and oxygen atoms in total. The number of hydrogen-bond acceptors (Lipinski definition) is 5. The molecule has 1 aromatic carbocycles. The quantitative estimate of drug-likeness (QED) is 0.214. The van der Waals surface area contributed by atoms with E-state index in [1.807, 2.05) is 44.2 Å². The Balaban J connectivity index is 1.83. The molecule has 6 atom stereocenters. The standard InChI is InChI=1S/C35H51N3O5/c1-6-11-15-23-37(22-9-4)33(42)30-35-19-18-34(10-5,43-35)28(31(40)36(20-7-2)21-8-3)29(35)32(41)38(30)27(25-39)24-26-16-13-12-14-17-26/h7,9,12-14,16-17,27-30,39H,2,4,6,8,10-11,15,18-25H2,1,3,5H3/t27-,28-,29+,30?,34+,35?/m1/s1. The largest absolute Gasteiger partial charge is 0.394 e. The maximum Gasteiger partial charge on any atom is 0.248 e. The Morgan fingerprint density at radius 1 is 1.02 bits per heavy atom. The highest BCUT2D eigenvalue weighted by Gasteiger charge is 2.79. The van der Waals surface area contributed by atoms with Crippen molar-refractivity contribution in [1.29, 1.82) is 0 Å². The first kappa shape index (κ1) is 32.9. The van der Waals surface area contributed by atoms with Crippen molar-refractivity contribution in [3.05, 3.63) is 61.2 Å². The lowest BCUT2D eigenvalue weighted by atomic mass is 9.64. The maximum absolute atomic E-state index is 14.8. The number of unbranched alkanes of at least 4 members (excludes halogenated alkanes) is 2. The fourth-order valence-corrected chi connectivity index (χ4v) is 7.93. The first-order chi connectivity index (χ1) is 20.8. The molecule has 3 aliphatic heterocycles. The van der Waals surface area contributed by atoms with E-state index in [0.717, 1.165) is 31.2 Å². The molecule has 0 saturated carbocycles. The number of aliphatic hydroxyl groups is 1. The minimum Gasteiger partial charge on any atom is -0.394 e. The number of hydrogen-bond donors (Lipinski definition) is 1. The smallest absolute Gasteiger partial charge is 0.248 e. The normalized spacial score (nSPS) is 28.0. The molecule has 0 aliphatic carbocycles. The van der Waals surface area contributed by atoms with Gasteiger partial charge in [0.25, 0.3) is 0 Å². The third-order valence-corrected chi connectivity index (χ3v) is 9.88. The minimum atomic E-state index is -1.13. The number of ether oxygens (including phenoxy) is 1. The minimum absolute atomic E-state index is 0.105. The predicted molar refractivity (Wildman–Crippen MR) is 168 cm³/mol. The van der Waals surface area contributed by atoms with Crippen molar-refractivity contribution in [2.45, 2.75) is 95.4 Å². The number of carbonyl (C=O) groups excluding carboxylic acids is 3. The van der Waals surface area contributed by atoms with Gasteiger partial charge in [-0.05, 0) is 44.1 Å². The lowest BCUT2D eigenvalue weighted by molar-refractivity contribution is -0.158. The molecule has 3 amide bonds. The van der Waals surface area contributed by atoms with Crippen molar-refractivity contribution in [3.8, 4) is 0 Å². The van der Waals surface area contributed by atoms with Crippen LogP contribution in [0.15, 0.2) is 55.6 Å². The lowest BCUT2D eigenvalue weighted by Gasteiger charge is -2.39. The number of aliphatic hydroxyl groups excluding tert-OH is 1. The summed E-state index contributed by atoms with van der Waals surface area (Å²) in [5.74, 6) is -2.04. The molecule has 3 saturated heterocycles. The number of likely N-dealkylation sites (tertiary alicyclic amines) is 1. The first-order valence-corrected chi connectivity index (χ1v) is 16.3. The molecule has 8 heteroatoms. The van der Waals surface area contributed by atoms with Gasteiger partial charge in [-0.1, -0.05) is 76.1 Å². The summed E-state index contributed by atoms with van der Waals surface area (Å²) in [6.45, 7) is 15.5. The van der Waals surface area contributed by atoms with Crippen LogP contribution in [0.25, 0.3) is 0 Å². The molecular weight excluding hydrogens is 542 g/mol. The Morgan fingerprint density at radius 3 is 2.28 bits per heavy atom. The van der Waals surface area contributed by atoms with Crippen molar-refractivity contribution in [2.75, 3.05) is 32.8 Å². The van der Waals surface area contributed by atoms with E-state index < -0.39 is 35.1 Å². The second-order valence-corrected chi connectivity index (χ2v) is 12.5. The second kappa shape index (κ2) is 14.2. The summed E-state index contributed by atoms with van der Waals surface area (Å²) < 4.78 is 7.00. The average molecular weight is 594 g/mol. The van der Waals surface area contributed by atoms with E-state index in [1.54, 1.807) is 26.9 Å². The van der Waals surface area contributed by atoms with Gasteiger partial charge in [-0.3, -0.25) is 14.4 Å². The first-order valence-electron chi connectivity index (χ1n) is 16.3. The van der Waals surface area contributed by atoms with Crippen molar-refractivity contribution in [3.63, 3.8) is 0 Å². The Morgan fingerprint density at radius 2 is 1.70 bits per heavy atom. The van der Waals surface area contributed by atoms with Gasteiger partial charge >= 0.3 is 0 Å². The summed E-state index contributed by atoms with van der Waals surface area (Å²) in [6.07, 6.45) is 9.15. The number of benzene rings is 1. The summed E-state index contributed by atoms with van der Waals surface area (Å²) in [7, 11) is 0. The molecule has 1 aromatic rings. The van der Waals surface area contributed by atoms with Gasteiger partial charge in [-0.15, -0.1) is 13.2 Å². The molecule has 236 valence electrons. The predicted octanol–water partition coefficient (Wildman–Crippen LogP) is 4.37. The van der Waals surface area contributed by atoms with E-state index in [0.29, 0.717) is 51.9 Å². The Hall–Kier alpha value is -2.97. The topological polar surface area (TPSA) is 90.4 Å². The van der Waals surface area contributed by atoms with Gasteiger partial charge in [0.1, 0.15) is 11.6 Å². The molecule has 1 spiro atoms. The zero-order chi connectivity index (χ0) is 31.2. The van der Waals surface area contributed by atoms with Crippen molar-refractivity contribution < 1.29 is 24.2 Å². The van der Waals surface area contributed by atoms with E-state index >= 15 is 0 Å². The van der Waals surface area contributed by atoms with Crippen LogP contribution in [-0.2, 0) is 25.5 Å². The number of rotatable bonds is 17. The van der Waals surface area contributed by atoms with Crippen LogP contribution >= 0.6 is 0 Å². The molecule has 43 heavy (non-hydrogen) atoms. The zero-order valence-corrected chi connectivity index (χ0v) is 26.4. The Bertz CT molecular complexity index is 1160. The molecule has 3 fully saturated rings. The van der Waals surface area contributed by atoms with E-state index in [9.17, 15) is 19.5 Å². The number of carbonyl (C=O) groups is 3. The molecule has 4 rings (SSSR count). The molecule has 0 aromatic heterocycles. The SMILES string of the molecule is C=CCN(CCCCC)C(=O)C1N([C@@H](CO)Cc2ccccc2)C(=O)[C@@H]2[C@H](C(=O)N(CC=C)CCC)[C@]3(CC)CCC12O3. The van der Waals surface area contributed by atoms with E-state index in [-0.39, 0.29) is 24.3 Å². The number of nitrogens with zero attached hydrogens (tertiary/aromatic N) is 3. The molecule has 2 bridgehead atoms. The third-order valence-electron chi connectivity index (χ3n) is 9.88. The van der Waals surface area contributed by atoms with E-state index in [1.165, 1.54) is 0 Å². The Kier molecular flexibility index (Phi) is 10.9. The van der Waals surface area contributed by atoms with Crippen LogP contribution in [0.1, 0.15) is 71.3 Å². The van der Waals surface area contributed by atoms with Crippen LogP contribution in [0.2, 0.25) is 0 Å². The third kappa shape index (κ3) is 5.93. The van der Waals surface area contributed by atoms with Crippen LogP contribution in [0, 0.1) is 11.8 Å². The molecule has 3 aliphatic rings. The van der Waals surface area contributed by atoms with Gasteiger partial charge < -0.3 is 24.5 Å². The van der Waals surface area contributed by atoms with Gasteiger partial charge in [0.15, 0.2) is 0 Å². The van der Waals surface area contributed by atoms with Crippen LogP contribution in [0.3, 0.4) is 0 Å². The van der Waals surface area contributed by atoms with Crippen LogP contribution in [0.4, 0.5) is 0 Å². The number of fused-ring (bicyclic) bond motifs is 1. The molecule has 2 unspecified atom stereocenters. The maximum atomic E-state index is 14.8. The molecule has 3 heterocycles. The van der Waals surface area contributed by atoms with Gasteiger partial charge in [-0.2, -0.15) is 0 Å². The van der Waals surface area contributed by atoms with E-state index in [2.05, 4.69) is 20.1 Å². The van der Waals surface area contributed by atoms with Gasteiger partial charge in [-0.25, -0.2) is 0 Å². The Labute approximate surface area is 257 Å². The van der Waals surface area contributed by atoms with E-state index in [4.69, 9.17) is 4.74 Å².